The zero-order valence-electron chi connectivity index (χ0n) is 7.37. The van der Waals surface area contributed by atoms with Crippen LogP contribution in [-0.4, -0.2) is 13.1 Å². The SMILES string of the molecule is COC1=C(c2ccsc2)OC(=C=O)N1. The summed E-state index contributed by atoms with van der Waals surface area (Å²) in [6, 6.07) is 1.88. The van der Waals surface area contributed by atoms with Crippen molar-refractivity contribution in [2.45, 2.75) is 0 Å². The van der Waals surface area contributed by atoms with Crippen LogP contribution in [0.2, 0.25) is 0 Å². The van der Waals surface area contributed by atoms with Gasteiger partial charge in [0.2, 0.25) is 5.88 Å². The van der Waals surface area contributed by atoms with Gasteiger partial charge >= 0.3 is 0 Å². The molecule has 0 amide bonds. The molecule has 1 aliphatic rings. The Hall–Kier alpha value is -1.71. The lowest BCUT2D eigenvalue weighted by Gasteiger charge is -1.99. The minimum Gasteiger partial charge on any atom is -0.480 e. The number of carbonyl (C=O) groups excluding carboxylic acids is 1. The Morgan fingerprint density at radius 1 is 1.64 bits per heavy atom. The summed E-state index contributed by atoms with van der Waals surface area (Å²) in [6.07, 6.45) is 0. The summed E-state index contributed by atoms with van der Waals surface area (Å²) in [5, 5.41) is 6.49. The van der Waals surface area contributed by atoms with Gasteiger partial charge in [0.25, 0.3) is 5.88 Å². The van der Waals surface area contributed by atoms with Crippen LogP contribution >= 0.6 is 11.3 Å². The fourth-order valence-electron chi connectivity index (χ4n) is 1.11. The molecule has 1 aromatic heterocycles. The molecule has 5 heteroatoms. The Morgan fingerprint density at radius 2 is 2.50 bits per heavy atom. The highest BCUT2D eigenvalue weighted by atomic mass is 32.1. The third-order valence-electron chi connectivity index (χ3n) is 1.72. The molecule has 0 atom stereocenters. The van der Waals surface area contributed by atoms with Gasteiger partial charge in [0.1, 0.15) is 0 Å². The van der Waals surface area contributed by atoms with E-state index in [0.29, 0.717) is 11.6 Å². The lowest BCUT2D eigenvalue weighted by atomic mass is 10.3. The van der Waals surface area contributed by atoms with Gasteiger partial charge in [-0.05, 0) is 11.4 Å². The molecular weight excluding hydrogens is 202 g/mol. The van der Waals surface area contributed by atoms with E-state index in [9.17, 15) is 4.79 Å². The fraction of sp³-hybridized carbons (Fsp3) is 0.111. The Labute approximate surface area is 84.4 Å². The van der Waals surface area contributed by atoms with Gasteiger partial charge in [-0.1, -0.05) is 0 Å². The molecule has 0 bridgehead atoms. The first-order chi connectivity index (χ1) is 6.85. The van der Waals surface area contributed by atoms with Crippen molar-refractivity contribution < 1.29 is 14.3 Å². The zero-order chi connectivity index (χ0) is 9.97. The molecule has 0 saturated heterocycles. The minimum absolute atomic E-state index is 0.0306. The maximum absolute atomic E-state index is 10.4. The van der Waals surface area contributed by atoms with Crippen molar-refractivity contribution in [3.8, 4) is 0 Å². The largest absolute Gasteiger partial charge is 0.480 e. The Balaban J connectivity index is 2.38. The van der Waals surface area contributed by atoms with E-state index in [2.05, 4.69) is 5.32 Å². The van der Waals surface area contributed by atoms with Gasteiger partial charge in [-0.2, -0.15) is 11.3 Å². The van der Waals surface area contributed by atoms with Crippen LogP contribution in [-0.2, 0) is 14.3 Å². The molecule has 1 aromatic rings. The van der Waals surface area contributed by atoms with Gasteiger partial charge < -0.3 is 9.47 Å². The van der Waals surface area contributed by atoms with Crippen LogP contribution in [0.25, 0.3) is 5.76 Å². The fourth-order valence-corrected chi connectivity index (χ4v) is 1.74. The van der Waals surface area contributed by atoms with Gasteiger partial charge in [-0.25, -0.2) is 4.79 Å². The molecule has 14 heavy (non-hydrogen) atoms. The van der Waals surface area contributed by atoms with E-state index in [1.54, 1.807) is 17.3 Å². The van der Waals surface area contributed by atoms with Gasteiger partial charge in [0, 0.05) is 10.9 Å². The summed E-state index contributed by atoms with van der Waals surface area (Å²) >= 11 is 1.54. The van der Waals surface area contributed by atoms with E-state index < -0.39 is 0 Å². The first-order valence-electron chi connectivity index (χ1n) is 3.86. The molecule has 0 fully saturated rings. The minimum atomic E-state index is 0.0306. The van der Waals surface area contributed by atoms with E-state index in [0.717, 1.165) is 5.56 Å². The van der Waals surface area contributed by atoms with Crippen LogP contribution in [0.1, 0.15) is 5.56 Å². The average Bonchev–Trinajstić information content (AvgIpc) is 2.85. The number of methoxy groups -OCH3 is 1. The van der Waals surface area contributed by atoms with Gasteiger partial charge in [-0.3, -0.25) is 5.32 Å². The average molecular weight is 209 g/mol. The summed E-state index contributed by atoms with van der Waals surface area (Å²) in [4.78, 5) is 10.4. The topological polar surface area (TPSA) is 47.6 Å². The number of thiophene rings is 1. The number of nitrogens with one attached hydrogen (secondary N) is 1. The molecular formula is C9H7NO3S. The summed E-state index contributed by atoms with van der Waals surface area (Å²) in [7, 11) is 1.51. The molecule has 0 aliphatic carbocycles. The third kappa shape index (κ3) is 1.39. The molecule has 72 valence electrons. The van der Waals surface area contributed by atoms with Crippen LogP contribution in [0.15, 0.2) is 28.6 Å². The normalized spacial score (nSPS) is 14.8. The molecule has 4 nitrogen and oxygen atoms in total. The smallest absolute Gasteiger partial charge is 0.288 e. The summed E-state index contributed by atoms with van der Waals surface area (Å²) in [5.41, 5.74) is 0.879. The highest BCUT2D eigenvalue weighted by Gasteiger charge is 2.23. The molecule has 2 rings (SSSR count). The van der Waals surface area contributed by atoms with Crippen LogP contribution < -0.4 is 5.32 Å². The van der Waals surface area contributed by atoms with E-state index in [1.807, 2.05) is 16.8 Å². The number of hydrogen-bond donors (Lipinski definition) is 1. The van der Waals surface area contributed by atoms with E-state index in [1.165, 1.54) is 7.11 Å². The van der Waals surface area contributed by atoms with Crippen molar-refractivity contribution in [1.82, 2.24) is 5.32 Å². The molecule has 0 aromatic carbocycles. The van der Waals surface area contributed by atoms with Crippen LogP contribution in [0.5, 0.6) is 0 Å². The quantitative estimate of drug-likeness (QED) is 0.746. The van der Waals surface area contributed by atoms with Crippen molar-refractivity contribution in [3.63, 3.8) is 0 Å². The van der Waals surface area contributed by atoms with Crippen molar-refractivity contribution in [2.75, 3.05) is 7.11 Å². The Bertz CT molecular complexity index is 415. The Kier molecular flexibility index (Phi) is 2.26. The highest BCUT2D eigenvalue weighted by Crippen LogP contribution is 2.28. The second-order valence-electron chi connectivity index (χ2n) is 2.53. The maximum atomic E-state index is 10.4. The van der Waals surface area contributed by atoms with E-state index in [4.69, 9.17) is 9.47 Å². The molecule has 1 aliphatic heterocycles. The third-order valence-corrected chi connectivity index (χ3v) is 2.40. The van der Waals surface area contributed by atoms with Gasteiger partial charge in [0.15, 0.2) is 11.7 Å². The summed E-state index contributed by atoms with van der Waals surface area (Å²) < 4.78 is 10.2. The number of rotatable bonds is 2. The second-order valence-corrected chi connectivity index (χ2v) is 3.31. The van der Waals surface area contributed by atoms with Gasteiger partial charge in [-0.15, -0.1) is 0 Å². The predicted octanol–water partition coefficient (Wildman–Crippen LogP) is 1.31. The van der Waals surface area contributed by atoms with Crippen LogP contribution in [0.3, 0.4) is 0 Å². The molecule has 1 N–H and O–H groups in total. The van der Waals surface area contributed by atoms with Crippen molar-refractivity contribution in [3.05, 3.63) is 34.2 Å². The maximum Gasteiger partial charge on any atom is 0.288 e. The van der Waals surface area contributed by atoms with Crippen molar-refractivity contribution >= 4 is 23.0 Å². The van der Waals surface area contributed by atoms with Gasteiger partial charge in [0.05, 0.1) is 7.11 Å². The lowest BCUT2D eigenvalue weighted by molar-refractivity contribution is 0.276. The van der Waals surface area contributed by atoms with E-state index in [-0.39, 0.29) is 5.88 Å². The summed E-state index contributed by atoms with van der Waals surface area (Å²) in [6.45, 7) is 0. The molecule has 2 heterocycles. The molecule has 0 radical (unpaired) electrons. The van der Waals surface area contributed by atoms with Crippen molar-refractivity contribution in [2.24, 2.45) is 0 Å². The first-order valence-corrected chi connectivity index (χ1v) is 4.80. The Morgan fingerprint density at radius 3 is 3.07 bits per heavy atom. The lowest BCUT2D eigenvalue weighted by Crippen LogP contribution is -2.08. The monoisotopic (exact) mass is 209 g/mol. The molecule has 0 saturated carbocycles. The van der Waals surface area contributed by atoms with Crippen molar-refractivity contribution in [1.29, 1.82) is 0 Å². The van der Waals surface area contributed by atoms with Crippen LogP contribution in [0.4, 0.5) is 0 Å². The molecule has 0 unspecified atom stereocenters. The number of ether oxygens (including phenoxy) is 2. The predicted molar refractivity (Wildman–Crippen MR) is 51.7 cm³/mol. The van der Waals surface area contributed by atoms with E-state index >= 15 is 0 Å². The van der Waals surface area contributed by atoms with Crippen LogP contribution in [0, 0.1) is 0 Å². The standard InChI is InChI=1S/C9H7NO3S/c1-12-9-8(6-2-3-14-5-6)13-7(4-11)10-9/h2-3,5,10H,1H3. The second kappa shape index (κ2) is 3.57. The molecule has 0 spiro atoms. The highest BCUT2D eigenvalue weighted by molar-refractivity contribution is 7.08. The summed E-state index contributed by atoms with van der Waals surface area (Å²) in [5.74, 6) is 2.62. The first kappa shape index (κ1) is 8.87. The number of hydrogen-bond acceptors (Lipinski definition) is 5. The zero-order valence-corrected chi connectivity index (χ0v) is 8.18.